The lowest BCUT2D eigenvalue weighted by Crippen LogP contribution is -2.11. The number of carbonyl (C=O) groups excluding carboxylic acids is 3. The Morgan fingerprint density at radius 3 is 2.28 bits per heavy atom. The van der Waals surface area contributed by atoms with Crippen LogP contribution >= 0.6 is 0 Å². The van der Waals surface area contributed by atoms with Crippen LogP contribution in [0.1, 0.15) is 33.2 Å². The fourth-order valence-corrected chi connectivity index (χ4v) is 2.32. The van der Waals surface area contributed by atoms with Crippen molar-refractivity contribution in [3.8, 4) is 11.5 Å². The summed E-state index contributed by atoms with van der Waals surface area (Å²) < 4.78 is 25.8. The Kier molecular flexibility index (Phi) is 8.65. The molecule has 154 valence electrons. The van der Waals surface area contributed by atoms with Crippen LogP contribution < -0.4 is 9.47 Å². The van der Waals surface area contributed by atoms with Crippen molar-refractivity contribution in [1.29, 1.82) is 0 Å². The van der Waals surface area contributed by atoms with Gasteiger partial charge in [0.25, 0.3) is 0 Å². The number of esters is 2. The highest BCUT2D eigenvalue weighted by molar-refractivity contribution is 5.89. The number of benzene rings is 2. The lowest BCUT2D eigenvalue weighted by molar-refractivity contribution is -0.143. The van der Waals surface area contributed by atoms with E-state index in [1.807, 2.05) is 0 Å². The highest BCUT2D eigenvalue weighted by Crippen LogP contribution is 2.27. The van der Waals surface area contributed by atoms with E-state index in [1.54, 1.807) is 42.5 Å². The van der Waals surface area contributed by atoms with Gasteiger partial charge >= 0.3 is 11.9 Å². The third kappa shape index (κ3) is 6.93. The first-order chi connectivity index (χ1) is 14.0. The minimum atomic E-state index is -0.416. The molecule has 8 nitrogen and oxygen atoms in total. The fourth-order valence-electron chi connectivity index (χ4n) is 2.32. The molecule has 0 aliphatic heterocycles. The quantitative estimate of drug-likeness (QED) is 0.245. The SMILES string of the molecule is COC(=O)c1ccc(COc2cccc(OCOCCOC(C)=O)c2C=O)cc1. The predicted molar refractivity (Wildman–Crippen MR) is 102 cm³/mol. The molecular formula is C21H22O8. The summed E-state index contributed by atoms with van der Waals surface area (Å²) in [6, 6.07) is 11.7. The van der Waals surface area contributed by atoms with Crippen molar-refractivity contribution < 1.29 is 38.1 Å². The first-order valence-corrected chi connectivity index (χ1v) is 8.77. The molecule has 0 aromatic heterocycles. The summed E-state index contributed by atoms with van der Waals surface area (Å²) in [4.78, 5) is 33.6. The molecule has 0 amide bonds. The molecule has 29 heavy (non-hydrogen) atoms. The van der Waals surface area contributed by atoms with Gasteiger partial charge in [-0.15, -0.1) is 0 Å². The highest BCUT2D eigenvalue weighted by atomic mass is 16.7. The lowest BCUT2D eigenvalue weighted by atomic mass is 10.1. The first kappa shape index (κ1) is 21.9. The Bertz CT molecular complexity index is 829. The van der Waals surface area contributed by atoms with E-state index in [4.69, 9.17) is 18.9 Å². The number of ether oxygens (including phenoxy) is 5. The maximum atomic E-state index is 11.5. The molecule has 0 N–H and O–H groups in total. The molecule has 0 saturated heterocycles. The van der Waals surface area contributed by atoms with Crippen LogP contribution in [0.5, 0.6) is 11.5 Å². The van der Waals surface area contributed by atoms with Crippen LogP contribution in [0.25, 0.3) is 0 Å². The van der Waals surface area contributed by atoms with Gasteiger partial charge in [0.15, 0.2) is 13.1 Å². The Morgan fingerprint density at radius 2 is 1.66 bits per heavy atom. The van der Waals surface area contributed by atoms with E-state index in [9.17, 15) is 14.4 Å². The zero-order chi connectivity index (χ0) is 21.1. The molecule has 0 fully saturated rings. The molecule has 8 heteroatoms. The van der Waals surface area contributed by atoms with Crippen molar-refractivity contribution >= 4 is 18.2 Å². The molecule has 0 heterocycles. The van der Waals surface area contributed by atoms with Gasteiger partial charge in [-0.1, -0.05) is 18.2 Å². The smallest absolute Gasteiger partial charge is 0.337 e. The molecule has 0 atom stereocenters. The van der Waals surface area contributed by atoms with Gasteiger partial charge < -0.3 is 23.7 Å². The summed E-state index contributed by atoms with van der Waals surface area (Å²) in [5, 5.41) is 0. The number of methoxy groups -OCH3 is 1. The average Bonchev–Trinajstić information content (AvgIpc) is 2.74. The van der Waals surface area contributed by atoms with E-state index in [1.165, 1.54) is 14.0 Å². The van der Waals surface area contributed by atoms with Crippen molar-refractivity contribution in [3.05, 3.63) is 59.2 Å². The van der Waals surface area contributed by atoms with Crippen molar-refractivity contribution in [2.45, 2.75) is 13.5 Å². The topological polar surface area (TPSA) is 97.4 Å². The monoisotopic (exact) mass is 402 g/mol. The van der Waals surface area contributed by atoms with E-state index < -0.39 is 5.97 Å². The molecule has 0 aliphatic carbocycles. The lowest BCUT2D eigenvalue weighted by Gasteiger charge is -2.13. The van der Waals surface area contributed by atoms with Crippen LogP contribution in [0.15, 0.2) is 42.5 Å². The minimum absolute atomic E-state index is 0.111. The van der Waals surface area contributed by atoms with Gasteiger partial charge in [0.2, 0.25) is 0 Å². The van der Waals surface area contributed by atoms with E-state index in [0.29, 0.717) is 23.3 Å². The van der Waals surface area contributed by atoms with Crippen LogP contribution in [-0.4, -0.2) is 45.3 Å². The summed E-state index contributed by atoms with van der Waals surface area (Å²) in [5.74, 6) is -0.135. The normalized spacial score (nSPS) is 10.1. The number of carbonyl (C=O) groups is 3. The van der Waals surface area contributed by atoms with Crippen molar-refractivity contribution in [2.24, 2.45) is 0 Å². The van der Waals surface area contributed by atoms with Crippen molar-refractivity contribution in [1.82, 2.24) is 0 Å². The van der Waals surface area contributed by atoms with E-state index in [-0.39, 0.29) is 38.1 Å². The molecule has 0 unspecified atom stereocenters. The molecule has 2 aromatic carbocycles. The summed E-state index contributed by atoms with van der Waals surface area (Å²) >= 11 is 0. The Hall–Kier alpha value is -3.39. The predicted octanol–water partition coefficient (Wildman–Crippen LogP) is 2.78. The standard InChI is InChI=1S/C21H22O8/c1-15(23)27-11-10-26-14-29-20-5-3-4-19(18(20)12-22)28-13-16-6-8-17(9-7-16)21(24)25-2/h3-9,12H,10-11,13-14H2,1-2H3. The van der Waals surface area contributed by atoms with Gasteiger partial charge in [-0.2, -0.15) is 0 Å². The van der Waals surface area contributed by atoms with Gasteiger partial charge in [-0.05, 0) is 29.8 Å². The zero-order valence-corrected chi connectivity index (χ0v) is 16.2. The summed E-state index contributed by atoms with van der Waals surface area (Å²) in [6.45, 7) is 1.70. The summed E-state index contributed by atoms with van der Waals surface area (Å²) in [6.07, 6.45) is 0.643. The van der Waals surface area contributed by atoms with Gasteiger partial charge in [-0.25, -0.2) is 4.79 Å². The van der Waals surface area contributed by atoms with Crippen LogP contribution in [0.3, 0.4) is 0 Å². The third-order valence-electron chi connectivity index (χ3n) is 3.74. The summed E-state index contributed by atoms with van der Waals surface area (Å²) in [5.41, 5.74) is 1.51. The van der Waals surface area contributed by atoms with Gasteiger partial charge in [-0.3, -0.25) is 9.59 Å². The second kappa shape index (κ2) is 11.5. The largest absolute Gasteiger partial charge is 0.488 e. The molecule has 0 saturated carbocycles. The van der Waals surface area contributed by atoms with Crippen LogP contribution in [0.2, 0.25) is 0 Å². The Morgan fingerprint density at radius 1 is 0.966 bits per heavy atom. The zero-order valence-electron chi connectivity index (χ0n) is 16.2. The average molecular weight is 402 g/mol. The molecule has 0 bridgehead atoms. The number of hydrogen-bond acceptors (Lipinski definition) is 8. The second-order valence-electron chi connectivity index (χ2n) is 5.77. The number of rotatable bonds is 11. The van der Waals surface area contributed by atoms with E-state index >= 15 is 0 Å². The third-order valence-corrected chi connectivity index (χ3v) is 3.74. The molecule has 2 aromatic rings. The Labute approximate surface area is 168 Å². The van der Waals surface area contributed by atoms with Gasteiger partial charge in [0.1, 0.15) is 24.7 Å². The molecule has 0 spiro atoms. The number of hydrogen-bond donors (Lipinski definition) is 0. The maximum absolute atomic E-state index is 11.5. The molecule has 0 radical (unpaired) electrons. The fraction of sp³-hybridized carbons (Fsp3) is 0.286. The summed E-state index contributed by atoms with van der Waals surface area (Å²) in [7, 11) is 1.32. The van der Waals surface area contributed by atoms with Crippen molar-refractivity contribution in [2.75, 3.05) is 27.1 Å². The molecule has 0 aliphatic rings. The van der Waals surface area contributed by atoms with E-state index in [2.05, 4.69) is 4.74 Å². The second-order valence-corrected chi connectivity index (χ2v) is 5.77. The van der Waals surface area contributed by atoms with Gasteiger partial charge in [0, 0.05) is 6.92 Å². The van der Waals surface area contributed by atoms with Gasteiger partial charge in [0.05, 0.1) is 24.8 Å². The van der Waals surface area contributed by atoms with Crippen LogP contribution in [0, 0.1) is 0 Å². The molecular weight excluding hydrogens is 380 g/mol. The van der Waals surface area contributed by atoms with E-state index in [0.717, 1.165) is 5.56 Å². The highest BCUT2D eigenvalue weighted by Gasteiger charge is 2.11. The minimum Gasteiger partial charge on any atom is -0.488 e. The molecule has 2 rings (SSSR count). The Balaban J connectivity index is 1.92. The first-order valence-electron chi connectivity index (χ1n) is 8.77. The van der Waals surface area contributed by atoms with Crippen molar-refractivity contribution in [3.63, 3.8) is 0 Å². The van der Waals surface area contributed by atoms with Crippen LogP contribution in [0.4, 0.5) is 0 Å². The number of aldehydes is 1. The maximum Gasteiger partial charge on any atom is 0.337 e. The van der Waals surface area contributed by atoms with Crippen LogP contribution in [-0.2, 0) is 25.6 Å².